The van der Waals surface area contributed by atoms with Crippen LogP contribution in [0.1, 0.15) is 58.4 Å². The van der Waals surface area contributed by atoms with E-state index < -0.39 is 49.0 Å². The number of sulfone groups is 1. The highest BCUT2D eigenvalue weighted by molar-refractivity contribution is 7.93. The number of aryl methyl sites for hydroxylation is 1. The number of alkyl halides is 3. The van der Waals surface area contributed by atoms with Crippen LogP contribution in [0, 0.1) is 12.8 Å². The summed E-state index contributed by atoms with van der Waals surface area (Å²) in [6.45, 7) is 1.57. The minimum atomic E-state index is -4.61. The van der Waals surface area contributed by atoms with Gasteiger partial charge in [-0.05, 0) is 86.1 Å². The molecule has 3 heterocycles. The number of hydrogen-bond acceptors (Lipinski definition) is 6. The number of nitrogens with one attached hydrogen (secondary N) is 1. The Bertz CT molecular complexity index is 1860. The third kappa shape index (κ3) is 5.47. The van der Waals surface area contributed by atoms with Crippen molar-refractivity contribution in [3.05, 3.63) is 87.7 Å². The first-order chi connectivity index (χ1) is 20.6. The lowest BCUT2D eigenvalue weighted by atomic mass is 9.70. The molecule has 3 aromatic rings. The highest BCUT2D eigenvalue weighted by Crippen LogP contribution is 2.59. The molecule has 1 saturated heterocycles. The van der Waals surface area contributed by atoms with Gasteiger partial charge in [0.1, 0.15) is 9.84 Å². The Balaban J connectivity index is 1.38. The molecule has 1 aliphatic carbocycles. The largest absolute Gasteiger partial charge is 0.417 e. The van der Waals surface area contributed by atoms with Gasteiger partial charge < -0.3 is 5.32 Å². The zero-order chi connectivity index (χ0) is 31.7. The van der Waals surface area contributed by atoms with Crippen molar-refractivity contribution in [2.24, 2.45) is 5.92 Å². The highest BCUT2D eigenvalue weighted by Gasteiger charge is 2.60. The van der Waals surface area contributed by atoms with Crippen LogP contribution in [0.2, 0.25) is 5.02 Å². The Morgan fingerprint density at radius 3 is 2.43 bits per heavy atom. The van der Waals surface area contributed by atoms with Crippen molar-refractivity contribution < 1.29 is 34.8 Å². The van der Waals surface area contributed by atoms with E-state index in [1.807, 2.05) is 0 Å². The lowest BCUT2D eigenvalue weighted by Gasteiger charge is -2.41. The number of anilines is 1. The molecule has 1 atom stereocenters. The summed E-state index contributed by atoms with van der Waals surface area (Å²) in [5, 5.41) is 2.39. The van der Waals surface area contributed by atoms with E-state index in [1.54, 1.807) is 43.3 Å². The minimum absolute atomic E-state index is 0.0351. The fourth-order valence-electron chi connectivity index (χ4n) is 6.51. The summed E-state index contributed by atoms with van der Waals surface area (Å²) in [4.78, 5) is 17.2. The van der Waals surface area contributed by atoms with E-state index in [-0.39, 0.29) is 58.0 Å². The van der Waals surface area contributed by atoms with Crippen LogP contribution in [0.25, 0.3) is 0 Å². The molecule has 1 unspecified atom stereocenters. The maximum Gasteiger partial charge on any atom is 0.417 e. The third-order valence-corrected chi connectivity index (χ3v) is 12.6. The first-order valence-corrected chi connectivity index (χ1v) is 17.7. The summed E-state index contributed by atoms with van der Waals surface area (Å²) in [6.07, 6.45) is -1.91. The Morgan fingerprint density at radius 2 is 1.82 bits per heavy atom. The molecule has 0 radical (unpaired) electrons. The average molecular weight is 668 g/mol. The molecular formula is C30H29ClF3N3O5S2. The minimum Gasteiger partial charge on any atom is -0.346 e. The van der Waals surface area contributed by atoms with Gasteiger partial charge in [0.2, 0.25) is 0 Å². The molecule has 8 nitrogen and oxygen atoms in total. The van der Waals surface area contributed by atoms with Crippen LogP contribution < -0.4 is 9.62 Å². The van der Waals surface area contributed by atoms with E-state index in [1.165, 1.54) is 10.4 Å². The molecule has 3 aliphatic rings. The topological polar surface area (TPSA) is 114 Å². The predicted molar refractivity (Wildman–Crippen MR) is 159 cm³/mol. The lowest BCUT2D eigenvalue weighted by molar-refractivity contribution is -0.137. The molecular weight excluding hydrogens is 639 g/mol. The standard InChI is InChI=1S/C30H29ClF3N3O5S2/c1-18-3-2-4-22(13-18)44(41,42)37-26-8-7-20(28(38)36-17-25-24(31)15-21(16-35-25)30(32,33)34)14-23(26)29(27(37)19-5-6-19)9-11-43(39,40)12-10-29/h2-4,7-8,13-16,19,27H,5-6,9-12,17H2,1H3,(H,36,38). The van der Waals surface area contributed by atoms with E-state index in [2.05, 4.69) is 10.3 Å². The maximum absolute atomic E-state index is 14.3. The molecule has 1 spiro atoms. The van der Waals surface area contributed by atoms with Crippen molar-refractivity contribution in [3.8, 4) is 0 Å². The molecule has 1 amide bonds. The highest BCUT2D eigenvalue weighted by atomic mass is 35.5. The zero-order valence-electron chi connectivity index (χ0n) is 23.6. The van der Waals surface area contributed by atoms with Crippen LogP contribution >= 0.6 is 11.6 Å². The number of nitrogens with zero attached hydrogens (tertiary/aromatic N) is 2. The quantitative estimate of drug-likeness (QED) is 0.375. The van der Waals surface area contributed by atoms with Crippen LogP contribution in [-0.4, -0.2) is 45.3 Å². The van der Waals surface area contributed by atoms with Crippen molar-refractivity contribution in [2.45, 2.75) is 61.7 Å². The summed E-state index contributed by atoms with van der Waals surface area (Å²) in [5.41, 5.74) is 0.239. The number of hydrogen-bond donors (Lipinski definition) is 1. The Labute approximate surface area is 258 Å². The molecule has 1 saturated carbocycles. The molecule has 2 aliphatic heterocycles. The van der Waals surface area contributed by atoms with Crippen LogP contribution in [0.4, 0.5) is 18.9 Å². The van der Waals surface area contributed by atoms with Crippen molar-refractivity contribution in [1.29, 1.82) is 0 Å². The summed E-state index contributed by atoms with van der Waals surface area (Å²) in [7, 11) is -7.36. The van der Waals surface area contributed by atoms with E-state index >= 15 is 0 Å². The van der Waals surface area contributed by atoms with Crippen molar-refractivity contribution in [3.63, 3.8) is 0 Å². The van der Waals surface area contributed by atoms with Gasteiger partial charge in [0.15, 0.2) is 0 Å². The molecule has 44 heavy (non-hydrogen) atoms. The second-order valence-electron chi connectivity index (χ2n) is 11.8. The van der Waals surface area contributed by atoms with Crippen molar-refractivity contribution in [1.82, 2.24) is 10.3 Å². The molecule has 2 aromatic carbocycles. The second-order valence-corrected chi connectivity index (χ2v) is 16.3. The Morgan fingerprint density at radius 1 is 1.11 bits per heavy atom. The fraction of sp³-hybridized carbons (Fsp3) is 0.400. The molecule has 0 bridgehead atoms. The number of amides is 1. The van der Waals surface area contributed by atoms with Gasteiger partial charge in [-0.2, -0.15) is 13.2 Å². The van der Waals surface area contributed by atoms with Crippen LogP contribution in [-0.2, 0) is 38.0 Å². The number of carbonyl (C=O) groups excluding carboxylic acids is 1. The maximum atomic E-state index is 14.3. The van der Waals surface area contributed by atoms with Gasteiger partial charge in [0.05, 0.1) is 51.0 Å². The Kier molecular flexibility index (Phi) is 7.52. The van der Waals surface area contributed by atoms with Gasteiger partial charge in [-0.15, -0.1) is 0 Å². The first kappa shape index (κ1) is 30.8. The van der Waals surface area contributed by atoms with E-state index in [9.17, 15) is 34.8 Å². The molecule has 1 aromatic heterocycles. The van der Waals surface area contributed by atoms with E-state index in [0.29, 0.717) is 17.4 Å². The number of rotatable bonds is 6. The van der Waals surface area contributed by atoms with Crippen molar-refractivity contribution in [2.75, 3.05) is 15.8 Å². The summed E-state index contributed by atoms with van der Waals surface area (Å²) < 4.78 is 94.1. The van der Waals surface area contributed by atoms with Gasteiger partial charge in [-0.1, -0.05) is 23.7 Å². The molecule has 14 heteroatoms. The fourth-order valence-corrected chi connectivity index (χ4v) is 10.2. The van der Waals surface area contributed by atoms with Gasteiger partial charge >= 0.3 is 6.18 Å². The summed E-state index contributed by atoms with van der Waals surface area (Å²) in [6, 6.07) is 11.6. The normalized spacial score (nSPS) is 20.8. The predicted octanol–water partition coefficient (Wildman–Crippen LogP) is 5.43. The third-order valence-electron chi connectivity index (χ3n) is 8.85. The second kappa shape index (κ2) is 10.7. The number of sulfonamides is 1. The SMILES string of the molecule is Cc1cccc(S(=O)(=O)N2c3ccc(C(=O)NCc4ncc(C(F)(F)F)cc4Cl)cc3C3(CCS(=O)(=O)CC3)C2C2CC2)c1. The smallest absolute Gasteiger partial charge is 0.346 e. The number of halogens is 4. The van der Waals surface area contributed by atoms with Gasteiger partial charge in [0, 0.05) is 17.2 Å². The Hall–Kier alpha value is -3.16. The number of aromatic nitrogens is 1. The van der Waals surface area contributed by atoms with Gasteiger partial charge in [0.25, 0.3) is 15.9 Å². The number of benzene rings is 2. The monoisotopic (exact) mass is 667 g/mol. The number of fused-ring (bicyclic) bond motifs is 2. The number of carbonyl (C=O) groups is 1. The van der Waals surface area contributed by atoms with E-state index in [0.717, 1.165) is 24.5 Å². The van der Waals surface area contributed by atoms with Gasteiger partial charge in [-0.25, -0.2) is 16.8 Å². The van der Waals surface area contributed by atoms with Crippen LogP contribution in [0.3, 0.4) is 0 Å². The van der Waals surface area contributed by atoms with E-state index in [4.69, 9.17) is 11.6 Å². The first-order valence-electron chi connectivity index (χ1n) is 14.1. The summed E-state index contributed by atoms with van der Waals surface area (Å²) >= 11 is 6.01. The summed E-state index contributed by atoms with van der Waals surface area (Å²) in [5.74, 6) is -0.717. The molecule has 6 rings (SSSR count). The molecule has 2 fully saturated rings. The van der Waals surface area contributed by atoms with Crippen molar-refractivity contribution >= 4 is 43.1 Å². The molecule has 234 valence electrons. The molecule has 1 N–H and O–H groups in total. The van der Waals surface area contributed by atoms with Crippen LogP contribution in [0.5, 0.6) is 0 Å². The number of pyridine rings is 1. The van der Waals surface area contributed by atoms with Crippen LogP contribution in [0.15, 0.2) is 59.6 Å². The zero-order valence-corrected chi connectivity index (χ0v) is 26.0. The average Bonchev–Trinajstić information content (AvgIpc) is 3.76. The lowest BCUT2D eigenvalue weighted by Crippen LogP contribution is -2.52. The van der Waals surface area contributed by atoms with Gasteiger partial charge in [-0.3, -0.25) is 14.1 Å².